The standard InChI is InChI=1S/C27H23NO4/c1-18(2)20-10-12-22(13-11-20)26-28-24(27(30)32-26)16-19-8-14-23(15-9-19)31-17-25(29)21-6-4-3-5-7-21/h3-16,18H,17H2,1-2H3/b24-16-. The highest BCUT2D eigenvalue weighted by Crippen LogP contribution is 2.22. The van der Waals surface area contributed by atoms with E-state index in [4.69, 9.17) is 9.47 Å². The molecule has 0 amide bonds. The molecule has 1 aliphatic rings. The molecule has 3 aromatic carbocycles. The molecule has 0 aromatic heterocycles. The van der Waals surface area contributed by atoms with E-state index in [0.717, 1.165) is 11.1 Å². The van der Waals surface area contributed by atoms with E-state index in [0.29, 0.717) is 23.1 Å². The van der Waals surface area contributed by atoms with Gasteiger partial charge in [0.05, 0.1) is 0 Å². The van der Waals surface area contributed by atoms with Crippen LogP contribution < -0.4 is 4.74 Å². The number of hydrogen-bond acceptors (Lipinski definition) is 5. The summed E-state index contributed by atoms with van der Waals surface area (Å²) in [6, 6.07) is 24.0. The van der Waals surface area contributed by atoms with Gasteiger partial charge >= 0.3 is 5.97 Å². The molecule has 5 heteroatoms. The molecule has 0 atom stereocenters. The summed E-state index contributed by atoms with van der Waals surface area (Å²) in [7, 11) is 0. The number of rotatable bonds is 7. The van der Waals surface area contributed by atoms with Crippen LogP contribution in [-0.2, 0) is 9.53 Å². The van der Waals surface area contributed by atoms with Crippen LogP contribution in [0.3, 0.4) is 0 Å². The summed E-state index contributed by atoms with van der Waals surface area (Å²) in [6.45, 7) is 4.21. The third kappa shape index (κ3) is 5.01. The number of ketones is 1. The molecule has 0 saturated heterocycles. The van der Waals surface area contributed by atoms with Gasteiger partial charge in [0.1, 0.15) is 5.75 Å². The molecule has 0 fully saturated rings. The Hall–Kier alpha value is -3.99. The van der Waals surface area contributed by atoms with Crippen LogP contribution in [0.5, 0.6) is 5.75 Å². The van der Waals surface area contributed by atoms with Crippen molar-refractivity contribution in [1.29, 1.82) is 0 Å². The molecule has 0 bridgehead atoms. The molecule has 0 unspecified atom stereocenters. The maximum Gasteiger partial charge on any atom is 0.363 e. The molecular weight excluding hydrogens is 402 g/mol. The van der Waals surface area contributed by atoms with E-state index in [9.17, 15) is 9.59 Å². The Labute approximate surface area is 187 Å². The molecule has 5 nitrogen and oxygen atoms in total. The first kappa shape index (κ1) is 21.2. The molecule has 0 aliphatic carbocycles. The number of carbonyl (C=O) groups is 2. The molecular formula is C27H23NO4. The van der Waals surface area contributed by atoms with Gasteiger partial charge in [0.15, 0.2) is 18.1 Å². The molecule has 0 radical (unpaired) electrons. The molecule has 4 rings (SSSR count). The van der Waals surface area contributed by atoms with Gasteiger partial charge in [-0.3, -0.25) is 4.79 Å². The number of Topliss-reactive ketones (excluding diaryl/α,β-unsaturated/α-hetero) is 1. The Morgan fingerprint density at radius 2 is 1.66 bits per heavy atom. The molecule has 0 N–H and O–H groups in total. The zero-order valence-electron chi connectivity index (χ0n) is 17.9. The number of benzene rings is 3. The predicted octanol–water partition coefficient (Wildman–Crippen LogP) is 5.42. The minimum atomic E-state index is -0.485. The number of nitrogens with zero attached hydrogens (tertiary/aromatic N) is 1. The normalized spacial score (nSPS) is 14.4. The van der Waals surface area contributed by atoms with E-state index in [1.165, 1.54) is 5.56 Å². The average Bonchev–Trinajstić information content (AvgIpc) is 3.19. The van der Waals surface area contributed by atoms with Gasteiger partial charge in [-0.25, -0.2) is 9.79 Å². The molecule has 0 saturated carbocycles. The summed E-state index contributed by atoms with van der Waals surface area (Å²) in [4.78, 5) is 28.8. The SMILES string of the molecule is CC(C)c1ccc(C2=N/C(=C\c3ccc(OCC(=O)c4ccccc4)cc3)C(=O)O2)cc1. The van der Waals surface area contributed by atoms with Crippen LogP contribution in [0.1, 0.15) is 46.8 Å². The van der Waals surface area contributed by atoms with Crippen molar-refractivity contribution in [3.8, 4) is 5.75 Å². The van der Waals surface area contributed by atoms with Crippen LogP contribution >= 0.6 is 0 Å². The first-order valence-corrected chi connectivity index (χ1v) is 10.4. The second-order valence-corrected chi connectivity index (χ2v) is 7.76. The fourth-order valence-electron chi connectivity index (χ4n) is 3.22. The second kappa shape index (κ2) is 9.43. The monoisotopic (exact) mass is 425 g/mol. The summed E-state index contributed by atoms with van der Waals surface area (Å²) in [5, 5.41) is 0. The molecule has 160 valence electrons. The Bertz CT molecular complexity index is 1170. The molecule has 3 aromatic rings. The van der Waals surface area contributed by atoms with Crippen LogP contribution in [0.25, 0.3) is 6.08 Å². The average molecular weight is 425 g/mol. The fourth-order valence-corrected chi connectivity index (χ4v) is 3.22. The van der Waals surface area contributed by atoms with Gasteiger partial charge < -0.3 is 9.47 Å². The van der Waals surface area contributed by atoms with Crippen molar-refractivity contribution in [2.24, 2.45) is 4.99 Å². The molecule has 32 heavy (non-hydrogen) atoms. The number of carbonyl (C=O) groups excluding carboxylic acids is 2. The van der Waals surface area contributed by atoms with Crippen molar-refractivity contribution in [1.82, 2.24) is 0 Å². The van der Waals surface area contributed by atoms with Crippen molar-refractivity contribution in [2.45, 2.75) is 19.8 Å². The van der Waals surface area contributed by atoms with Gasteiger partial charge in [-0.2, -0.15) is 0 Å². The highest BCUT2D eigenvalue weighted by molar-refractivity contribution is 6.12. The highest BCUT2D eigenvalue weighted by Gasteiger charge is 2.24. The second-order valence-electron chi connectivity index (χ2n) is 7.76. The largest absolute Gasteiger partial charge is 0.485 e. The topological polar surface area (TPSA) is 65.0 Å². The molecule has 1 heterocycles. The number of esters is 1. The number of aliphatic imine (C=N–C) groups is 1. The van der Waals surface area contributed by atoms with E-state index in [2.05, 4.69) is 18.8 Å². The van der Waals surface area contributed by atoms with Gasteiger partial charge in [0.2, 0.25) is 5.90 Å². The lowest BCUT2D eigenvalue weighted by Crippen LogP contribution is -2.11. The van der Waals surface area contributed by atoms with Crippen LogP contribution in [0.15, 0.2) is 89.6 Å². The van der Waals surface area contributed by atoms with Gasteiger partial charge in [0.25, 0.3) is 0 Å². The summed E-state index contributed by atoms with van der Waals surface area (Å²) < 4.78 is 10.9. The lowest BCUT2D eigenvalue weighted by Gasteiger charge is -2.06. The number of cyclic esters (lactones) is 1. The smallest absolute Gasteiger partial charge is 0.363 e. The maximum atomic E-state index is 12.2. The zero-order chi connectivity index (χ0) is 22.5. The molecule has 1 aliphatic heterocycles. The van der Waals surface area contributed by atoms with E-state index < -0.39 is 5.97 Å². The van der Waals surface area contributed by atoms with Gasteiger partial charge in [-0.15, -0.1) is 0 Å². The van der Waals surface area contributed by atoms with Crippen molar-refractivity contribution >= 4 is 23.7 Å². The van der Waals surface area contributed by atoms with Gasteiger partial charge in [0, 0.05) is 11.1 Å². The summed E-state index contributed by atoms with van der Waals surface area (Å²) in [6.07, 6.45) is 1.66. The summed E-state index contributed by atoms with van der Waals surface area (Å²) in [5.41, 5.74) is 3.60. The van der Waals surface area contributed by atoms with Gasteiger partial charge in [-0.1, -0.05) is 68.4 Å². The van der Waals surface area contributed by atoms with Crippen molar-refractivity contribution in [2.75, 3.05) is 6.61 Å². The zero-order valence-corrected chi connectivity index (χ0v) is 17.9. The van der Waals surface area contributed by atoms with Crippen LogP contribution in [-0.4, -0.2) is 24.3 Å². The quantitative estimate of drug-likeness (QED) is 0.288. The third-order valence-corrected chi connectivity index (χ3v) is 5.09. The fraction of sp³-hybridized carbons (Fsp3) is 0.148. The van der Waals surface area contributed by atoms with Gasteiger partial charge in [-0.05, 0) is 47.4 Å². The number of hydrogen-bond donors (Lipinski definition) is 0. The van der Waals surface area contributed by atoms with Crippen LogP contribution in [0, 0.1) is 0 Å². The van der Waals surface area contributed by atoms with Crippen LogP contribution in [0.4, 0.5) is 0 Å². The number of ether oxygens (including phenoxy) is 2. The maximum absolute atomic E-state index is 12.2. The van der Waals surface area contributed by atoms with Crippen LogP contribution in [0.2, 0.25) is 0 Å². The van der Waals surface area contributed by atoms with E-state index >= 15 is 0 Å². The first-order chi connectivity index (χ1) is 15.5. The summed E-state index contributed by atoms with van der Waals surface area (Å²) in [5.74, 6) is 0.724. The minimum absolute atomic E-state index is 0.0416. The first-order valence-electron chi connectivity index (χ1n) is 10.4. The van der Waals surface area contributed by atoms with Crippen molar-refractivity contribution in [3.63, 3.8) is 0 Å². The molecule has 0 spiro atoms. The predicted molar refractivity (Wildman–Crippen MR) is 124 cm³/mol. The Morgan fingerprint density at radius 1 is 0.969 bits per heavy atom. The Kier molecular flexibility index (Phi) is 6.26. The lowest BCUT2D eigenvalue weighted by molar-refractivity contribution is -0.129. The summed E-state index contributed by atoms with van der Waals surface area (Å²) >= 11 is 0. The van der Waals surface area contributed by atoms with E-state index in [1.807, 2.05) is 42.5 Å². The minimum Gasteiger partial charge on any atom is -0.485 e. The van der Waals surface area contributed by atoms with Crippen molar-refractivity contribution < 1.29 is 19.1 Å². The van der Waals surface area contributed by atoms with Crippen molar-refractivity contribution in [3.05, 3.63) is 107 Å². The third-order valence-electron chi connectivity index (χ3n) is 5.09. The Morgan fingerprint density at radius 3 is 2.31 bits per heavy atom. The van der Waals surface area contributed by atoms with E-state index in [1.54, 1.807) is 42.5 Å². The lowest BCUT2D eigenvalue weighted by atomic mass is 10.0. The highest BCUT2D eigenvalue weighted by atomic mass is 16.6. The Balaban J connectivity index is 1.42. The van der Waals surface area contributed by atoms with E-state index in [-0.39, 0.29) is 18.1 Å².